The molecule has 4 nitrogen and oxygen atoms in total. The Hall–Kier alpha value is -5.13. The molecule has 1 heterocycles. The van der Waals surface area contributed by atoms with Crippen LogP contribution in [0.25, 0.3) is 11.1 Å². The Labute approximate surface area is 342 Å². The second-order valence-electron chi connectivity index (χ2n) is 15.6. The average molecular weight is 775 g/mol. The highest BCUT2D eigenvalue weighted by molar-refractivity contribution is 7.92. The van der Waals surface area contributed by atoms with E-state index in [1.807, 2.05) is 24.3 Å². The average Bonchev–Trinajstić information content (AvgIpc) is 3.47. The summed E-state index contributed by atoms with van der Waals surface area (Å²) in [5.41, 5.74) is 12.4. The van der Waals surface area contributed by atoms with Gasteiger partial charge in [-0.2, -0.15) is 0 Å². The van der Waals surface area contributed by atoms with Crippen molar-refractivity contribution in [3.63, 3.8) is 0 Å². The van der Waals surface area contributed by atoms with E-state index in [0.717, 1.165) is 122 Å². The Morgan fingerprint density at radius 1 is 0.351 bits per heavy atom. The Morgan fingerprint density at radius 3 is 0.842 bits per heavy atom. The lowest BCUT2D eigenvalue weighted by atomic mass is 10.0. The molecule has 0 N–H and O–H groups in total. The maximum atomic E-state index is 14.7. The summed E-state index contributed by atoms with van der Waals surface area (Å²) in [5, 5.41) is 0. The van der Waals surface area contributed by atoms with Crippen molar-refractivity contribution in [1.82, 2.24) is 0 Å². The van der Waals surface area contributed by atoms with Crippen LogP contribution >= 0.6 is 0 Å². The van der Waals surface area contributed by atoms with Crippen LogP contribution in [0.2, 0.25) is 0 Å². The molecule has 57 heavy (non-hydrogen) atoms. The molecular weight excluding hydrogens is 717 g/mol. The fourth-order valence-corrected chi connectivity index (χ4v) is 9.70. The van der Waals surface area contributed by atoms with Crippen molar-refractivity contribution in [2.24, 2.45) is 0 Å². The smallest absolute Gasteiger partial charge is 0.207 e. The molecule has 7 rings (SSSR count). The van der Waals surface area contributed by atoms with Crippen molar-refractivity contribution in [2.75, 3.05) is 9.80 Å². The zero-order chi connectivity index (χ0) is 39.8. The maximum absolute atomic E-state index is 14.7. The minimum atomic E-state index is -3.83. The summed E-state index contributed by atoms with van der Waals surface area (Å²) in [7, 11) is -3.83. The predicted octanol–water partition coefficient (Wildman–Crippen LogP) is 14.8. The molecular formula is C52H58N2O2S. The summed E-state index contributed by atoms with van der Waals surface area (Å²) >= 11 is 0. The van der Waals surface area contributed by atoms with Gasteiger partial charge in [0, 0.05) is 45.3 Å². The molecule has 294 valence electrons. The van der Waals surface area contributed by atoms with Crippen LogP contribution in [-0.2, 0) is 35.5 Å². The lowest BCUT2D eigenvalue weighted by molar-refractivity contribution is 0.598. The van der Waals surface area contributed by atoms with Gasteiger partial charge in [0.2, 0.25) is 9.84 Å². The standard InChI is InChI=1S/C52H58N2O2S/c1-5-9-13-39-17-25-43(26-18-39)53(44-27-19-40(20-28-44)14-10-6-2)47-33-35-49-50-36-34-48(38-52(50)57(55,56)51(49)37-47)54(45-29-21-41(22-30-45)15-11-7-3)46-31-23-42(24-32-46)16-12-8-4/h17-38H,5-16H2,1-4H3. The number of nitrogens with zero attached hydrogens (tertiary/aromatic N) is 2. The largest absolute Gasteiger partial charge is 0.310 e. The minimum Gasteiger partial charge on any atom is -0.310 e. The van der Waals surface area contributed by atoms with E-state index in [2.05, 4.69) is 147 Å². The van der Waals surface area contributed by atoms with Gasteiger partial charge in [-0.3, -0.25) is 0 Å². The Kier molecular flexibility index (Phi) is 13.0. The molecule has 0 aromatic heterocycles. The summed E-state index contributed by atoms with van der Waals surface area (Å²) in [4.78, 5) is 5.08. The molecule has 6 aromatic rings. The second-order valence-corrected chi connectivity index (χ2v) is 17.5. The van der Waals surface area contributed by atoms with Crippen LogP contribution in [0.5, 0.6) is 0 Å². The molecule has 6 aromatic carbocycles. The third-order valence-electron chi connectivity index (χ3n) is 11.4. The first-order valence-electron chi connectivity index (χ1n) is 21.3. The molecule has 0 radical (unpaired) electrons. The molecule has 0 unspecified atom stereocenters. The van der Waals surface area contributed by atoms with Gasteiger partial charge in [-0.25, -0.2) is 8.42 Å². The van der Waals surface area contributed by atoms with Crippen LogP contribution in [0.15, 0.2) is 143 Å². The van der Waals surface area contributed by atoms with Gasteiger partial charge in [0.25, 0.3) is 0 Å². The molecule has 0 saturated heterocycles. The summed E-state index contributed by atoms with van der Waals surface area (Å²) in [6, 6.07) is 46.9. The molecule has 5 heteroatoms. The van der Waals surface area contributed by atoms with Crippen LogP contribution in [0.1, 0.15) is 101 Å². The van der Waals surface area contributed by atoms with E-state index < -0.39 is 9.84 Å². The quantitative estimate of drug-likeness (QED) is 0.0871. The van der Waals surface area contributed by atoms with Gasteiger partial charge in [0.1, 0.15) is 0 Å². The predicted molar refractivity (Wildman–Crippen MR) is 241 cm³/mol. The van der Waals surface area contributed by atoms with Crippen molar-refractivity contribution in [3.8, 4) is 11.1 Å². The molecule has 0 bridgehead atoms. The van der Waals surface area contributed by atoms with E-state index in [1.54, 1.807) is 0 Å². The van der Waals surface area contributed by atoms with Gasteiger partial charge in [-0.15, -0.1) is 0 Å². The number of rotatable bonds is 18. The van der Waals surface area contributed by atoms with Crippen molar-refractivity contribution in [2.45, 2.75) is 115 Å². The minimum absolute atomic E-state index is 0.350. The highest BCUT2D eigenvalue weighted by Gasteiger charge is 2.35. The van der Waals surface area contributed by atoms with Gasteiger partial charge in [-0.1, -0.05) is 114 Å². The van der Waals surface area contributed by atoms with Gasteiger partial charge in [0.05, 0.1) is 9.79 Å². The molecule has 1 aliphatic heterocycles. The fourth-order valence-electron chi connectivity index (χ4n) is 7.97. The Bertz CT molecular complexity index is 2080. The van der Waals surface area contributed by atoms with E-state index in [4.69, 9.17) is 0 Å². The van der Waals surface area contributed by atoms with Crippen LogP contribution < -0.4 is 9.80 Å². The second kappa shape index (κ2) is 18.4. The first-order valence-corrected chi connectivity index (χ1v) is 22.8. The summed E-state index contributed by atoms with van der Waals surface area (Å²) in [5.74, 6) is 0. The molecule has 0 saturated carbocycles. The third kappa shape index (κ3) is 8.89. The van der Waals surface area contributed by atoms with Gasteiger partial charge in [-0.05, 0) is 146 Å². The van der Waals surface area contributed by atoms with E-state index in [1.165, 1.54) is 22.3 Å². The summed E-state index contributed by atoms with van der Waals surface area (Å²) < 4.78 is 29.4. The topological polar surface area (TPSA) is 40.6 Å². The van der Waals surface area contributed by atoms with E-state index >= 15 is 0 Å². The van der Waals surface area contributed by atoms with Gasteiger partial charge >= 0.3 is 0 Å². The molecule has 1 aliphatic rings. The molecule has 0 fully saturated rings. The van der Waals surface area contributed by atoms with Gasteiger partial charge in [0.15, 0.2) is 0 Å². The zero-order valence-corrected chi connectivity index (χ0v) is 35.1. The number of unbranched alkanes of at least 4 members (excludes halogenated alkanes) is 4. The van der Waals surface area contributed by atoms with Crippen molar-refractivity contribution >= 4 is 44.0 Å². The van der Waals surface area contributed by atoms with Crippen molar-refractivity contribution in [3.05, 3.63) is 156 Å². The number of anilines is 6. The Morgan fingerprint density at radius 2 is 0.596 bits per heavy atom. The highest BCUT2D eigenvalue weighted by Crippen LogP contribution is 2.48. The van der Waals surface area contributed by atoms with Gasteiger partial charge < -0.3 is 9.80 Å². The number of fused-ring (bicyclic) bond motifs is 3. The monoisotopic (exact) mass is 774 g/mol. The zero-order valence-electron chi connectivity index (χ0n) is 34.3. The van der Waals surface area contributed by atoms with Crippen molar-refractivity contribution in [1.29, 1.82) is 0 Å². The van der Waals surface area contributed by atoms with Crippen LogP contribution in [0.4, 0.5) is 34.1 Å². The lowest BCUT2D eigenvalue weighted by Gasteiger charge is -2.26. The molecule has 0 amide bonds. The van der Waals surface area contributed by atoms with Crippen molar-refractivity contribution < 1.29 is 8.42 Å². The molecule has 0 aliphatic carbocycles. The highest BCUT2D eigenvalue weighted by atomic mass is 32.2. The number of aryl methyl sites for hydroxylation is 4. The molecule has 0 atom stereocenters. The summed E-state index contributed by atoms with van der Waals surface area (Å²) in [6.07, 6.45) is 13.4. The van der Waals surface area contributed by atoms with E-state index in [-0.39, 0.29) is 0 Å². The normalized spacial score (nSPS) is 12.6. The number of hydrogen-bond acceptors (Lipinski definition) is 4. The number of sulfone groups is 1. The van der Waals surface area contributed by atoms with E-state index in [9.17, 15) is 8.42 Å². The van der Waals surface area contributed by atoms with Crippen LogP contribution in [-0.4, -0.2) is 8.42 Å². The number of benzene rings is 6. The van der Waals surface area contributed by atoms with Crippen LogP contribution in [0, 0.1) is 0 Å². The van der Waals surface area contributed by atoms with E-state index in [0.29, 0.717) is 9.79 Å². The lowest BCUT2D eigenvalue weighted by Crippen LogP contribution is -2.11. The third-order valence-corrected chi connectivity index (χ3v) is 13.2. The number of hydrogen-bond donors (Lipinski definition) is 0. The fraction of sp³-hybridized carbons (Fsp3) is 0.308. The first-order chi connectivity index (χ1) is 27.8. The Balaban J connectivity index is 1.27. The maximum Gasteiger partial charge on any atom is 0.207 e. The molecule has 0 spiro atoms. The summed E-state index contributed by atoms with van der Waals surface area (Å²) in [6.45, 7) is 8.88. The SMILES string of the molecule is CCCCc1ccc(N(c2ccc(CCCC)cc2)c2ccc3c(c2)S(=O)(=O)c2cc(N(c4ccc(CCCC)cc4)c4ccc(CCCC)cc4)ccc2-3)cc1. The van der Waals surface area contributed by atoms with Crippen LogP contribution in [0.3, 0.4) is 0 Å². The first kappa shape index (κ1) is 40.1.